The molecule has 2 heterocycles. The van der Waals surface area contributed by atoms with E-state index in [2.05, 4.69) is 10.3 Å². The molecule has 4 aromatic rings. The van der Waals surface area contributed by atoms with Gasteiger partial charge < -0.3 is 9.88 Å². The Morgan fingerprint density at radius 1 is 1.07 bits per heavy atom. The number of aromatic nitrogens is 4. The second kappa shape index (κ2) is 7.50. The number of benzene rings is 2. The summed E-state index contributed by atoms with van der Waals surface area (Å²) in [5.74, 6) is 0.661. The average Bonchev–Trinajstić information content (AvgIpc) is 3.05. The molecule has 1 N–H and O–H groups in total. The third-order valence-electron chi connectivity index (χ3n) is 5.13. The average molecular weight is 389 g/mol. The van der Waals surface area contributed by atoms with Crippen LogP contribution in [0.25, 0.3) is 21.9 Å². The van der Waals surface area contributed by atoms with Crippen LogP contribution < -0.4 is 10.9 Å². The van der Waals surface area contributed by atoms with Crippen LogP contribution in [0.1, 0.15) is 25.7 Å². The number of nitrogens with zero attached hydrogens (tertiary/aromatic N) is 4. The predicted molar refractivity (Wildman–Crippen MR) is 112 cm³/mol. The Kier molecular flexibility index (Phi) is 4.88. The molecule has 0 aliphatic heterocycles. The first kappa shape index (κ1) is 18.9. The van der Waals surface area contributed by atoms with Crippen LogP contribution in [0.15, 0.2) is 59.7 Å². The molecule has 1 amide bonds. The molecule has 0 saturated heterocycles. The number of rotatable bonds is 5. The standard InChI is InChI=1S/C22H23N5O2/c1-14(2)20(21-24-17-10-6-7-11-18(17)26(21)3)25-19(28)12-27-13-23-16-9-5-4-8-15(16)22(27)29/h4-11,13-14,20H,12H2,1-3H3,(H,25,28). The van der Waals surface area contributed by atoms with Crippen LogP contribution in [0.3, 0.4) is 0 Å². The van der Waals surface area contributed by atoms with Crippen LogP contribution in [0.4, 0.5) is 0 Å². The van der Waals surface area contributed by atoms with Crippen molar-refractivity contribution in [1.82, 2.24) is 24.4 Å². The summed E-state index contributed by atoms with van der Waals surface area (Å²) in [6.07, 6.45) is 1.42. The second-order valence-corrected chi connectivity index (χ2v) is 7.50. The number of fused-ring (bicyclic) bond motifs is 2. The molecule has 0 aliphatic rings. The zero-order valence-electron chi connectivity index (χ0n) is 16.7. The minimum absolute atomic E-state index is 0.0934. The first-order valence-corrected chi connectivity index (χ1v) is 9.60. The summed E-state index contributed by atoms with van der Waals surface area (Å²) in [5.41, 5.74) is 2.29. The van der Waals surface area contributed by atoms with Crippen LogP contribution in [-0.4, -0.2) is 25.0 Å². The van der Waals surface area contributed by atoms with Gasteiger partial charge >= 0.3 is 0 Å². The molecule has 1 unspecified atom stereocenters. The van der Waals surface area contributed by atoms with E-state index in [-0.39, 0.29) is 30.0 Å². The Labute approximate surface area is 168 Å². The van der Waals surface area contributed by atoms with Gasteiger partial charge in [-0.2, -0.15) is 0 Å². The van der Waals surface area contributed by atoms with Gasteiger partial charge in [0.1, 0.15) is 12.4 Å². The van der Waals surface area contributed by atoms with Crippen LogP contribution in [0.2, 0.25) is 0 Å². The Bertz CT molecular complexity index is 1260. The van der Waals surface area contributed by atoms with E-state index in [1.54, 1.807) is 18.2 Å². The van der Waals surface area contributed by atoms with Crippen molar-refractivity contribution in [2.45, 2.75) is 26.4 Å². The summed E-state index contributed by atoms with van der Waals surface area (Å²) in [4.78, 5) is 34.4. The molecular formula is C22H23N5O2. The van der Waals surface area contributed by atoms with E-state index in [1.165, 1.54) is 10.9 Å². The Balaban J connectivity index is 1.61. The highest BCUT2D eigenvalue weighted by molar-refractivity contribution is 5.79. The zero-order chi connectivity index (χ0) is 20.5. The van der Waals surface area contributed by atoms with E-state index in [4.69, 9.17) is 4.98 Å². The van der Waals surface area contributed by atoms with E-state index in [1.807, 2.05) is 55.8 Å². The van der Waals surface area contributed by atoms with Crippen molar-refractivity contribution in [2.24, 2.45) is 13.0 Å². The van der Waals surface area contributed by atoms with E-state index < -0.39 is 0 Å². The lowest BCUT2D eigenvalue weighted by atomic mass is 10.0. The second-order valence-electron chi connectivity index (χ2n) is 7.50. The van der Waals surface area contributed by atoms with Gasteiger partial charge in [0, 0.05) is 7.05 Å². The Hall–Kier alpha value is -3.48. The molecule has 4 rings (SSSR count). The summed E-state index contributed by atoms with van der Waals surface area (Å²) >= 11 is 0. The van der Waals surface area contributed by atoms with Crippen LogP contribution in [0, 0.1) is 5.92 Å². The van der Waals surface area contributed by atoms with Crippen molar-refractivity contribution >= 4 is 27.8 Å². The SMILES string of the molecule is CC(C)C(NC(=O)Cn1cnc2ccccc2c1=O)c1nc2ccccc2n1C. The summed E-state index contributed by atoms with van der Waals surface area (Å²) in [5, 5.41) is 3.55. The maximum atomic E-state index is 12.8. The lowest BCUT2D eigenvalue weighted by molar-refractivity contribution is -0.122. The highest BCUT2D eigenvalue weighted by Gasteiger charge is 2.24. The fourth-order valence-corrected chi connectivity index (χ4v) is 3.56. The van der Waals surface area contributed by atoms with E-state index in [9.17, 15) is 9.59 Å². The first-order valence-electron chi connectivity index (χ1n) is 9.60. The molecule has 0 radical (unpaired) electrons. The third kappa shape index (κ3) is 3.51. The molecule has 2 aromatic heterocycles. The minimum Gasteiger partial charge on any atom is -0.344 e. The Morgan fingerprint density at radius 3 is 2.48 bits per heavy atom. The van der Waals surface area contributed by atoms with E-state index in [0.29, 0.717) is 10.9 Å². The van der Waals surface area contributed by atoms with E-state index >= 15 is 0 Å². The van der Waals surface area contributed by atoms with Gasteiger partial charge in [-0.3, -0.25) is 14.2 Å². The number of hydrogen-bond donors (Lipinski definition) is 1. The molecular weight excluding hydrogens is 366 g/mol. The molecule has 29 heavy (non-hydrogen) atoms. The molecule has 0 fully saturated rings. The number of para-hydroxylation sites is 3. The largest absolute Gasteiger partial charge is 0.344 e. The number of carbonyl (C=O) groups excluding carboxylic acids is 1. The normalized spacial score (nSPS) is 12.6. The van der Waals surface area contributed by atoms with Crippen molar-refractivity contribution in [3.63, 3.8) is 0 Å². The fourth-order valence-electron chi connectivity index (χ4n) is 3.56. The molecule has 0 bridgehead atoms. The number of carbonyl (C=O) groups is 1. The molecule has 0 saturated carbocycles. The minimum atomic E-state index is -0.274. The molecule has 148 valence electrons. The first-order chi connectivity index (χ1) is 14.0. The van der Waals surface area contributed by atoms with Gasteiger partial charge in [0.2, 0.25) is 5.91 Å². The van der Waals surface area contributed by atoms with Crippen LogP contribution in [-0.2, 0) is 18.4 Å². The van der Waals surface area contributed by atoms with Crippen LogP contribution in [0.5, 0.6) is 0 Å². The maximum absolute atomic E-state index is 12.8. The molecule has 7 heteroatoms. The summed E-state index contributed by atoms with van der Waals surface area (Å²) in [6, 6.07) is 14.7. The highest BCUT2D eigenvalue weighted by atomic mass is 16.2. The lowest BCUT2D eigenvalue weighted by Crippen LogP contribution is -2.37. The highest BCUT2D eigenvalue weighted by Crippen LogP contribution is 2.24. The van der Waals surface area contributed by atoms with Gasteiger partial charge in [0.25, 0.3) is 5.56 Å². The van der Waals surface area contributed by atoms with Gasteiger partial charge in [-0.15, -0.1) is 0 Å². The van der Waals surface area contributed by atoms with Crippen molar-refractivity contribution in [3.05, 3.63) is 71.0 Å². The number of nitrogens with one attached hydrogen (secondary N) is 1. The van der Waals surface area contributed by atoms with Gasteiger partial charge in [0.15, 0.2) is 0 Å². The number of aryl methyl sites for hydroxylation is 1. The lowest BCUT2D eigenvalue weighted by Gasteiger charge is -2.22. The van der Waals surface area contributed by atoms with Crippen LogP contribution >= 0.6 is 0 Å². The zero-order valence-corrected chi connectivity index (χ0v) is 16.7. The third-order valence-corrected chi connectivity index (χ3v) is 5.13. The Morgan fingerprint density at radius 2 is 1.76 bits per heavy atom. The number of amides is 1. The topological polar surface area (TPSA) is 81.8 Å². The van der Waals surface area contributed by atoms with Gasteiger partial charge in [-0.1, -0.05) is 38.1 Å². The van der Waals surface area contributed by atoms with Crippen molar-refractivity contribution < 1.29 is 4.79 Å². The fraction of sp³-hybridized carbons (Fsp3) is 0.273. The monoisotopic (exact) mass is 389 g/mol. The molecule has 1 atom stereocenters. The van der Waals surface area contributed by atoms with Gasteiger partial charge in [-0.05, 0) is 30.2 Å². The summed E-state index contributed by atoms with van der Waals surface area (Å²) < 4.78 is 3.34. The van der Waals surface area contributed by atoms with Gasteiger partial charge in [-0.25, -0.2) is 9.97 Å². The quantitative estimate of drug-likeness (QED) is 0.569. The molecule has 0 spiro atoms. The molecule has 0 aliphatic carbocycles. The predicted octanol–water partition coefficient (Wildman–Crippen LogP) is 2.80. The number of hydrogen-bond acceptors (Lipinski definition) is 4. The van der Waals surface area contributed by atoms with Crippen molar-refractivity contribution in [3.8, 4) is 0 Å². The maximum Gasteiger partial charge on any atom is 0.261 e. The summed E-state index contributed by atoms with van der Waals surface area (Å²) in [6.45, 7) is 3.98. The summed E-state index contributed by atoms with van der Waals surface area (Å²) in [7, 11) is 1.95. The van der Waals surface area contributed by atoms with Gasteiger partial charge in [0.05, 0.1) is 34.3 Å². The van der Waals surface area contributed by atoms with Crippen molar-refractivity contribution in [2.75, 3.05) is 0 Å². The molecule has 7 nitrogen and oxygen atoms in total. The van der Waals surface area contributed by atoms with Crippen molar-refractivity contribution in [1.29, 1.82) is 0 Å². The van der Waals surface area contributed by atoms with E-state index in [0.717, 1.165) is 16.9 Å². The molecule has 2 aromatic carbocycles. The smallest absolute Gasteiger partial charge is 0.261 e. The number of imidazole rings is 1.